The highest BCUT2D eigenvalue weighted by molar-refractivity contribution is 7.98. The van der Waals surface area contributed by atoms with Crippen LogP contribution in [0.2, 0.25) is 0 Å². The van der Waals surface area contributed by atoms with Crippen LogP contribution in [0.5, 0.6) is 0 Å². The molecule has 2 N–H and O–H groups in total. The first-order valence-corrected chi connectivity index (χ1v) is 8.17. The summed E-state index contributed by atoms with van der Waals surface area (Å²) in [5, 5.41) is 0. The van der Waals surface area contributed by atoms with Crippen LogP contribution in [0.3, 0.4) is 0 Å². The van der Waals surface area contributed by atoms with Crippen molar-refractivity contribution in [2.45, 2.75) is 57.5 Å². The Labute approximate surface area is 105 Å². The number of hydrogen-bond acceptors (Lipinski definition) is 3. The van der Waals surface area contributed by atoms with Crippen molar-refractivity contribution < 1.29 is 0 Å². The van der Waals surface area contributed by atoms with Crippen molar-refractivity contribution >= 4 is 11.8 Å². The van der Waals surface area contributed by atoms with Gasteiger partial charge in [0, 0.05) is 18.6 Å². The molecule has 0 bridgehead atoms. The van der Waals surface area contributed by atoms with E-state index in [0.29, 0.717) is 6.04 Å². The molecule has 1 rings (SSSR count). The van der Waals surface area contributed by atoms with Gasteiger partial charge in [-0.2, -0.15) is 11.8 Å². The van der Waals surface area contributed by atoms with Gasteiger partial charge in [0.25, 0.3) is 0 Å². The summed E-state index contributed by atoms with van der Waals surface area (Å²) in [6, 6.07) is 1.41. The predicted octanol–water partition coefficient (Wildman–Crippen LogP) is 2.72. The molecule has 1 fully saturated rings. The van der Waals surface area contributed by atoms with E-state index in [1.54, 1.807) is 0 Å². The topological polar surface area (TPSA) is 29.3 Å². The minimum Gasteiger partial charge on any atom is -0.329 e. The molecule has 0 radical (unpaired) electrons. The molecule has 16 heavy (non-hydrogen) atoms. The van der Waals surface area contributed by atoms with Gasteiger partial charge in [0.05, 0.1) is 0 Å². The lowest BCUT2D eigenvalue weighted by molar-refractivity contribution is 0.133. The molecular formula is C13H28N2S. The molecule has 96 valence electrons. The van der Waals surface area contributed by atoms with Crippen molar-refractivity contribution in [3.05, 3.63) is 0 Å². The minimum absolute atomic E-state index is 0.621. The van der Waals surface area contributed by atoms with Gasteiger partial charge in [0.1, 0.15) is 0 Å². The Morgan fingerprint density at radius 3 is 2.81 bits per heavy atom. The maximum Gasteiger partial charge on any atom is 0.0229 e. The van der Waals surface area contributed by atoms with E-state index in [1.807, 2.05) is 11.8 Å². The molecule has 1 heterocycles. The molecule has 0 aromatic heterocycles. The molecule has 0 aromatic rings. The van der Waals surface area contributed by atoms with Gasteiger partial charge in [-0.3, -0.25) is 4.90 Å². The summed E-state index contributed by atoms with van der Waals surface area (Å²) in [6.07, 6.45) is 10.3. The lowest BCUT2D eigenvalue weighted by Gasteiger charge is -2.36. The SMILES string of the molecule is CCC1CCCCCN1C(CN)CCSC. The van der Waals surface area contributed by atoms with Crippen LogP contribution in [0.1, 0.15) is 45.4 Å². The van der Waals surface area contributed by atoms with Gasteiger partial charge in [-0.25, -0.2) is 0 Å². The number of likely N-dealkylation sites (tertiary alicyclic amines) is 1. The van der Waals surface area contributed by atoms with Gasteiger partial charge >= 0.3 is 0 Å². The summed E-state index contributed by atoms with van der Waals surface area (Å²) in [5.74, 6) is 1.24. The number of thioether (sulfide) groups is 1. The van der Waals surface area contributed by atoms with Crippen LogP contribution in [-0.2, 0) is 0 Å². The quantitative estimate of drug-likeness (QED) is 0.779. The van der Waals surface area contributed by atoms with Crippen molar-refractivity contribution in [1.29, 1.82) is 0 Å². The maximum atomic E-state index is 5.96. The number of hydrogen-bond donors (Lipinski definition) is 1. The van der Waals surface area contributed by atoms with Crippen LogP contribution in [0.25, 0.3) is 0 Å². The van der Waals surface area contributed by atoms with E-state index in [1.165, 1.54) is 50.8 Å². The normalized spacial score (nSPS) is 25.3. The fourth-order valence-corrected chi connectivity index (χ4v) is 3.30. The lowest BCUT2D eigenvalue weighted by Crippen LogP contribution is -2.46. The molecule has 0 saturated carbocycles. The summed E-state index contributed by atoms with van der Waals surface area (Å²) < 4.78 is 0. The second-order valence-electron chi connectivity index (χ2n) is 4.82. The molecule has 2 nitrogen and oxygen atoms in total. The van der Waals surface area contributed by atoms with Crippen molar-refractivity contribution in [1.82, 2.24) is 4.90 Å². The lowest BCUT2D eigenvalue weighted by atomic mass is 10.0. The van der Waals surface area contributed by atoms with E-state index in [2.05, 4.69) is 18.1 Å². The standard InChI is InChI=1S/C13H28N2S/c1-3-12-7-5-4-6-9-15(12)13(11-14)8-10-16-2/h12-13H,3-11,14H2,1-2H3. The molecule has 0 spiro atoms. The zero-order chi connectivity index (χ0) is 11.8. The van der Waals surface area contributed by atoms with E-state index in [0.717, 1.165) is 12.6 Å². The molecule has 0 aliphatic carbocycles. The van der Waals surface area contributed by atoms with Gasteiger partial charge in [-0.1, -0.05) is 19.8 Å². The van der Waals surface area contributed by atoms with Crippen LogP contribution in [0.15, 0.2) is 0 Å². The molecule has 0 aromatic carbocycles. The van der Waals surface area contributed by atoms with Crippen molar-refractivity contribution in [2.24, 2.45) is 5.73 Å². The zero-order valence-corrected chi connectivity index (χ0v) is 11.8. The molecule has 0 amide bonds. The summed E-state index contributed by atoms with van der Waals surface area (Å²) in [7, 11) is 0. The molecule has 2 atom stereocenters. The van der Waals surface area contributed by atoms with Crippen LogP contribution in [-0.4, -0.2) is 42.1 Å². The molecule has 1 aliphatic heterocycles. The number of nitrogens with two attached hydrogens (primary N) is 1. The molecular weight excluding hydrogens is 216 g/mol. The summed E-state index contributed by atoms with van der Waals surface area (Å²) >= 11 is 1.94. The van der Waals surface area contributed by atoms with E-state index in [-0.39, 0.29) is 0 Å². The van der Waals surface area contributed by atoms with Crippen LogP contribution in [0, 0.1) is 0 Å². The third-order valence-corrected chi connectivity index (χ3v) is 4.43. The Morgan fingerprint density at radius 1 is 1.38 bits per heavy atom. The number of rotatable bonds is 6. The van der Waals surface area contributed by atoms with E-state index >= 15 is 0 Å². The Morgan fingerprint density at radius 2 is 2.19 bits per heavy atom. The average Bonchev–Trinajstić information content (AvgIpc) is 2.55. The largest absolute Gasteiger partial charge is 0.329 e. The molecule has 1 saturated heterocycles. The van der Waals surface area contributed by atoms with Crippen LogP contribution >= 0.6 is 11.8 Å². The minimum atomic E-state index is 0.621. The first-order chi connectivity index (χ1) is 7.83. The first kappa shape index (κ1) is 14.3. The monoisotopic (exact) mass is 244 g/mol. The Bertz CT molecular complexity index is 175. The first-order valence-electron chi connectivity index (χ1n) is 6.78. The van der Waals surface area contributed by atoms with E-state index in [9.17, 15) is 0 Å². The van der Waals surface area contributed by atoms with Crippen molar-refractivity contribution in [3.8, 4) is 0 Å². The van der Waals surface area contributed by atoms with Gasteiger partial charge in [-0.15, -0.1) is 0 Å². The molecule has 2 unspecified atom stereocenters. The fraction of sp³-hybridized carbons (Fsp3) is 1.00. The van der Waals surface area contributed by atoms with Crippen molar-refractivity contribution in [3.63, 3.8) is 0 Å². The van der Waals surface area contributed by atoms with E-state index < -0.39 is 0 Å². The summed E-state index contributed by atoms with van der Waals surface area (Å²) in [4.78, 5) is 2.71. The number of nitrogens with zero attached hydrogens (tertiary/aromatic N) is 1. The molecule has 1 aliphatic rings. The van der Waals surface area contributed by atoms with Crippen LogP contribution in [0.4, 0.5) is 0 Å². The second kappa shape index (κ2) is 8.37. The predicted molar refractivity (Wildman–Crippen MR) is 75.1 cm³/mol. The highest BCUT2D eigenvalue weighted by Gasteiger charge is 2.25. The second-order valence-corrected chi connectivity index (χ2v) is 5.81. The highest BCUT2D eigenvalue weighted by atomic mass is 32.2. The Hall–Kier alpha value is 0.270. The summed E-state index contributed by atoms with van der Waals surface area (Å²) in [5.41, 5.74) is 5.96. The smallest absolute Gasteiger partial charge is 0.0229 e. The van der Waals surface area contributed by atoms with Crippen LogP contribution < -0.4 is 5.73 Å². The summed E-state index contributed by atoms with van der Waals surface area (Å²) in [6.45, 7) is 4.43. The van der Waals surface area contributed by atoms with Gasteiger partial charge in [-0.05, 0) is 44.2 Å². The Balaban J connectivity index is 2.55. The van der Waals surface area contributed by atoms with Gasteiger partial charge < -0.3 is 5.73 Å². The third kappa shape index (κ3) is 4.27. The zero-order valence-electron chi connectivity index (χ0n) is 11.0. The van der Waals surface area contributed by atoms with E-state index in [4.69, 9.17) is 5.73 Å². The fourth-order valence-electron chi connectivity index (χ4n) is 2.79. The average molecular weight is 244 g/mol. The maximum absolute atomic E-state index is 5.96. The van der Waals surface area contributed by atoms with Gasteiger partial charge in [0.15, 0.2) is 0 Å². The van der Waals surface area contributed by atoms with Crippen molar-refractivity contribution in [2.75, 3.05) is 25.1 Å². The Kier molecular flexibility index (Phi) is 7.50. The molecule has 3 heteroatoms. The highest BCUT2D eigenvalue weighted by Crippen LogP contribution is 2.22. The van der Waals surface area contributed by atoms with Gasteiger partial charge in [0.2, 0.25) is 0 Å². The third-order valence-electron chi connectivity index (χ3n) is 3.79.